The van der Waals surface area contributed by atoms with Crippen molar-refractivity contribution >= 4 is 121 Å². The zero-order chi connectivity index (χ0) is 42.2. The van der Waals surface area contributed by atoms with Crippen molar-refractivity contribution < 1.29 is 18.1 Å². The summed E-state index contributed by atoms with van der Waals surface area (Å²) in [6.07, 6.45) is 0. The molecule has 0 spiro atoms. The number of anilines is 6. The average molecular weight is 884 g/mol. The van der Waals surface area contributed by atoms with Gasteiger partial charge in [0.25, 0.3) is 10.1 Å². The number of thiazole rings is 2. The minimum atomic E-state index is -4.38. The number of aromatic nitrogens is 5. The highest BCUT2D eigenvalue weighted by atomic mass is 32.2. The first-order chi connectivity index (χ1) is 29.1. The number of rotatable bonds is 18. The molecule has 310 valence electrons. The maximum absolute atomic E-state index is 11.7. The Morgan fingerprint density at radius 1 is 0.650 bits per heavy atom. The summed E-state index contributed by atoms with van der Waals surface area (Å²) in [5, 5.41) is 35.6. The molecule has 21 heteroatoms. The molecule has 0 bridgehead atoms. The summed E-state index contributed by atoms with van der Waals surface area (Å²) in [6, 6.07) is 23.6. The third-order valence-electron chi connectivity index (χ3n) is 9.06. The van der Waals surface area contributed by atoms with Gasteiger partial charge in [0.15, 0.2) is 5.16 Å². The number of benzene rings is 4. The SMILES string of the molecule is CCN(CC)c1ccc(/N=N/c2nc3ccccc3s2)c(Nc2nc(Nc3cc(N(CC)CC)ccc3/N=N/c3nc4ccc(S(=O)(=O)O)cc4s3)nc(SCCO)n2)c1. The summed E-state index contributed by atoms with van der Waals surface area (Å²) in [5.41, 5.74) is 5.41. The van der Waals surface area contributed by atoms with Gasteiger partial charge in [-0.05, 0) is 94.4 Å². The molecule has 0 radical (unpaired) electrons. The predicted molar refractivity (Wildman–Crippen MR) is 242 cm³/mol. The fourth-order valence-corrected chi connectivity index (χ4v) is 8.87. The highest BCUT2D eigenvalue weighted by Crippen LogP contribution is 2.38. The van der Waals surface area contributed by atoms with E-state index < -0.39 is 10.1 Å². The van der Waals surface area contributed by atoms with Crippen LogP contribution in [-0.2, 0) is 10.1 Å². The van der Waals surface area contributed by atoms with Crippen molar-refractivity contribution in [2.24, 2.45) is 20.5 Å². The van der Waals surface area contributed by atoms with Crippen LogP contribution in [0.2, 0.25) is 0 Å². The van der Waals surface area contributed by atoms with Crippen molar-refractivity contribution in [3.05, 3.63) is 78.9 Å². The van der Waals surface area contributed by atoms with E-state index >= 15 is 0 Å². The fraction of sp³-hybridized carbons (Fsp3) is 0.256. The van der Waals surface area contributed by atoms with E-state index in [0.717, 1.165) is 59.1 Å². The van der Waals surface area contributed by atoms with Crippen molar-refractivity contribution in [2.45, 2.75) is 37.7 Å². The molecule has 0 fully saturated rings. The first kappa shape index (κ1) is 42.4. The van der Waals surface area contributed by atoms with Crippen molar-refractivity contribution in [2.75, 3.05) is 59.0 Å². The van der Waals surface area contributed by atoms with Gasteiger partial charge in [-0.15, -0.1) is 20.5 Å². The van der Waals surface area contributed by atoms with Gasteiger partial charge in [-0.2, -0.15) is 23.4 Å². The minimum Gasteiger partial charge on any atom is -0.396 e. The maximum Gasteiger partial charge on any atom is 0.294 e. The van der Waals surface area contributed by atoms with Crippen LogP contribution in [0.15, 0.2) is 109 Å². The van der Waals surface area contributed by atoms with E-state index in [9.17, 15) is 18.1 Å². The molecule has 3 aromatic heterocycles. The average Bonchev–Trinajstić information content (AvgIpc) is 3.86. The van der Waals surface area contributed by atoms with Crippen LogP contribution in [0, 0.1) is 0 Å². The van der Waals surface area contributed by atoms with Crippen LogP contribution < -0.4 is 20.4 Å². The van der Waals surface area contributed by atoms with Gasteiger partial charge in [0, 0.05) is 43.3 Å². The van der Waals surface area contributed by atoms with E-state index in [0.29, 0.717) is 49.0 Å². The van der Waals surface area contributed by atoms with Crippen LogP contribution in [0.25, 0.3) is 20.4 Å². The van der Waals surface area contributed by atoms with Gasteiger partial charge in [-0.3, -0.25) is 4.55 Å². The van der Waals surface area contributed by atoms with E-state index in [-0.39, 0.29) is 28.5 Å². The molecule has 60 heavy (non-hydrogen) atoms. The fourth-order valence-electron chi connectivity index (χ4n) is 6.10. The third kappa shape index (κ3) is 10.2. The van der Waals surface area contributed by atoms with E-state index in [1.165, 1.54) is 41.3 Å². The number of para-hydroxylation sites is 1. The van der Waals surface area contributed by atoms with Gasteiger partial charge >= 0.3 is 0 Å². The number of fused-ring (bicyclic) bond motifs is 2. The molecule has 3 heterocycles. The van der Waals surface area contributed by atoms with Crippen LogP contribution in [-0.4, -0.2) is 81.5 Å². The molecule has 17 nitrogen and oxygen atoms in total. The number of azo groups is 2. The minimum absolute atomic E-state index is 0.0799. The van der Waals surface area contributed by atoms with Crippen molar-refractivity contribution in [1.29, 1.82) is 0 Å². The molecule has 0 aliphatic rings. The van der Waals surface area contributed by atoms with E-state index in [2.05, 4.69) is 83.5 Å². The molecule has 7 rings (SSSR count). The van der Waals surface area contributed by atoms with Gasteiger partial charge in [0.05, 0.1) is 43.3 Å². The highest BCUT2D eigenvalue weighted by Gasteiger charge is 2.17. The van der Waals surface area contributed by atoms with Gasteiger partial charge in [0.1, 0.15) is 11.4 Å². The first-order valence-electron chi connectivity index (χ1n) is 19.0. The van der Waals surface area contributed by atoms with Crippen LogP contribution in [0.1, 0.15) is 27.7 Å². The summed E-state index contributed by atoms with van der Waals surface area (Å²) in [7, 11) is -4.38. The standard InChI is InChI=1S/C39H41N13O4S4/c1-5-51(6-2)24-13-16-27(47-49-38-42-29-11-9-10-12-33(29)58-38)31(21-24)40-35-44-36(46-37(45-35)57-20-19-53)41-32-22-25(52(7-3)8-4)14-17-28(32)48-50-39-43-30-18-15-26(60(54,55)56)23-34(30)59-39/h9-18,21-23,53H,5-8,19-20H2,1-4H3,(H,54,55,56)(H2,40,41,44,45,46)/b49-47+,50-48+. The van der Waals surface area contributed by atoms with Crippen molar-refractivity contribution in [3.8, 4) is 0 Å². The topological polar surface area (TPSA) is 219 Å². The Bertz CT molecular complexity index is 2760. The monoisotopic (exact) mass is 883 g/mol. The van der Waals surface area contributed by atoms with Crippen LogP contribution in [0.5, 0.6) is 0 Å². The lowest BCUT2D eigenvalue weighted by Crippen LogP contribution is -2.21. The lowest BCUT2D eigenvalue weighted by atomic mass is 10.2. The predicted octanol–water partition coefficient (Wildman–Crippen LogP) is 10.4. The molecular weight excluding hydrogens is 843 g/mol. The lowest BCUT2D eigenvalue weighted by Gasteiger charge is -2.22. The third-order valence-corrected chi connectivity index (χ3v) is 12.6. The second-order valence-electron chi connectivity index (χ2n) is 12.8. The van der Waals surface area contributed by atoms with Gasteiger partial charge in [0.2, 0.25) is 22.2 Å². The normalized spacial score (nSPS) is 12.0. The second-order valence-corrected chi connectivity index (χ2v) is 17.3. The molecule has 0 saturated carbocycles. The van der Waals surface area contributed by atoms with Gasteiger partial charge in [-0.25, -0.2) is 9.97 Å². The number of nitrogens with zero attached hydrogens (tertiary/aromatic N) is 11. The molecule has 0 atom stereocenters. The van der Waals surface area contributed by atoms with Crippen LogP contribution >= 0.6 is 34.4 Å². The summed E-state index contributed by atoms with van der Waals surface area (Å²) in [4.78, 5) is 27.4. The summed E-state index contributed by atoms with van der Waals surface area (Å²) in [6.45, 7) is 11.4. The van der Waals surface area contributed by atoms with E-state index in [1.54, 1.807) is 0 Å². The molecule has 7 aromatic rings. The van der Waals surface area contributed by atoms with Gasteiger partial charge < -0.3 is 25.5 Å². The Hall–Kier alpha value is -5.71. The number of thioether (sulfide) groups is 1. The molecule has 0 unspecified atom stereocenters. The van der Waals surface area contributed by atoms with E-state index in [4.69, 9.17) is 9.97 Å². The summed E-state index contributed by atoms with van der Waals surface area (Å²) >= 11 is 3.86. The number of aliphatic hydroxyl groups excluding tert-OH is 1. The molecular formula is C39H41N13O4S4. The molecule has 0 saturated heterocycles. The quantitative estimate of drug-likeness (QED) is 0.0358. The summed E-state index contributed by atoms with van der Waals surface area (Å²) < 4.78 is 34.5. The maximum atomic E-state index is 11.7. The largest absolute Gasteiger partial charge is 0.396 e. The number of nitrogens with one attached hydrogen (secondary N) is 2. The number of hydrogen-bond acceptors (Lipinski definition) is 19. The Morgan fingerprint density at radius 2 is 1.18 bits per heavy atom. The number of aliphatic hydroxyl groups is 1. The van der Waals surface area contributed by atoms with Crippen molar-refractivity contribution in [3.63, 3.8) is 0 Å². The van der Waals surface area contributed by atoms with Crippen molar-refractivity contribution in [1.82, 2.24) is 24.9 Å². The first-order valence-corrected chi connectivity index (χ1v) is 23.0. The van der Waals surface area contributed by atoms with Crippen LogP contribution in [0.4, 0.5) is 56.3 Å². The smallest absolute Gasteiger partial charge is 0.294 e. The highest BCUT2D eigenvalue weighted by molar-refractivity contribution is 7.99. The zero-order valence-corrected chi connectivity index (χ0v) is 36.3. The Morgan fingerprint density at radius 3 is 1.70 bits per heavy atom. The molecule has 0 aliphatic heterocycles. The Labute approximate surface area is 358 Å². The molecule has 0 aliphatic carbocycles. The summed E-state index contributed by atoms with van der Waals surface area (Å²) in [5.74, 6) is 0.784. The van der Waals surface area contributed by atoms with E-state index in [1.807, 2.05) is 60.7 Å². The molecule has 0 amide bonds. The Kier molecular flexibility index (Phi) is 13.5. The second kappa shape index (κ2) is 19.1. The number of hydrogen-bond donors (Lipinski definition) is 4. The lowest BCUT2D eigenvalue weighted by molar-refractivity contribution is 0.322. The Balaban J connectivity index is 1.25. The molecule has 4 N–H and O–H groups in total. The van der Waals surface area contributed by atoms with Gasteiger partial charge in [-0.1, -0.05) is 46.6 Å². The van der Waals surface area contributed by atoms with Crippen LogP contribution in [0.3, 0.4) is 0 Å². The zero-order valence-electron chi connectivity index (χ0n) is 33.0. The molecule has 4 aromatic carbocycles.